The van der Waals surface area contributed by atoms with Gasteiger partial charge in [-0.1, -0.05) is 48.5 Å². The Kier molecular flexibility index (Phi) is 5.23. The molecule has 32 heavy (non-hydrogen) atoms. The van der Waals surface area contributed by atoms with Crippen molar-refractivity contribution in [1.82, 2.24) is 4.57 Å². The third kappa shape index (κ3) is 3.66. The molecular formula is C27H23NO4. The summed E-state index contributed by atoms with van der Waals surface area (Å²) in [4.78, 5) is 25.1. The second-order valence-electron chi connectivity index (χ2n) is 8.16. The molecule has 0 radical (unpaired) electrons. The highest BCUT2D eigenvalue weighted by Crippen LogP contribution is 2.37. The molecule has 0 saturated carbocycles. The molecule has 0 saturated heterocycles. The summed E-state index contributed by atoms with van der Waals surface area (Å²) in [6.45, 7) is 0.440. The molecule has 160 valence electrons. The van der Waals surface area contributed by atoms with Gasteiger partial charge in [0.25, 0.3) is 5.91 Å². The fraction of sp³-hybridized carbons (Fsp3) is 0.185. The number of fused-ring (bicyclic) bond motifs is 3. The van der Waals surface area contributed by atoms with Crippen molar-refractivity contribution in [2.75, 3.05) is 0 Å². The SMILES string of the molecule is O=C(O)C1CCc2c(c3cc(OCc4ccccc4)ccc3n2C(=O)c2ccccc2)C1. The lowest BCUT2D eigenvalue weighted by Crippen LogP contribution is -2.24. The van der Waals surface area contributed by atoms with E-state index in [1.54, 1.807) is 16.7 Å². The normalized spacial score (nSPS) is 15.3. The highest BCUT2D eigenvalue weighted by Gasteiger charge is 2.31. The summed E-state index contributed by atoms with van der Waals surface area (Å²) in [5.74, 6) is -0.626. The van der Waals surface area contributed by atoms with Gasteiger partial charge in [-0.25, -0.2) is 0 Å². The van der Waals surface area contributed by atoms with Gasteiger partial charge in [0.05, 0.1) is 11.4 Å². The summed E-state index contributed by atoms with van der Waals surface area (Å²) in [5, 5.41) is 10.5. The van der Waals surface area contributed by atoms with Crippen molar-refractivity contribution in [1.29, 1.82) is 0 Å². The first-order valence-corrected chi connectivity index (χ1v) is 10.8. The standard InChI is InChI=1S/C27H23NO4/c29-26(19-9-5-2-6-10-19)28-24-13-11-20(27(30)31)15-22(24)23-16-21(12-14-25(23)28)32-17-18-7-3-1-4-8-18/h1-10,12,14,16,20H,11,13,15,17H2,(H,30,31). The van der Waals surface area contributed by atoms with Gasteiger partial charge < -0.3 is 9.84 Å². The minimum Gasteiger partial charge on any atom is -0.489 e. The van der Waals surface area contributed by atoms with Crippen molar-refractivity contribution in [2.45, 2.75) is 25.9 Å². The number of carboxylic acid groups (broad SMARTS) is 1. The van der Waals surface area contributed by atoms with Gasteiger partial charge in [0.15, 0.2) is 0 Å². The van der Waals surface area contributed by atoms with Gasteiger partial charge in [0, 0.05) is 16.6 Å². The molecule has 0 spiro atoms. The molecule has 0 amide bonds. The molecule has 3 aromatic carbocycles. The van der Waals surface area contributed by atoms with E-state index in [0.29, 0.717) is 37.2 Å². The van der Waals surface area contributed by atoms with E-state index in [4.69, 9.17) is 4.74 Å². The maximum absolute atomic E-state index is 13.4. The largest absolute Gasteiger partial charge is 0.489 e. The van der Waals surface area contributed by atoms with Crippen molar-refractivity contribution in [3.05, 3.63) is 101 Å². The molecule has 0 aliphatic heterocycles. The summed E-state index contributed by atoms with van der Waals surface area (Å²) in [6.07, 6.45) is 1.50. The number of hydrogen-bond acceptors (Lipinski definition) is 3. The molecule has 1 aromatic heterocycles. The topological polar surface area (TPSA) is 68.5 Å². The lowest BCUT2D eigenvalue weighted by molar-refractivity contribution is -0.142. The van der Waals surface area contributed by atoms with Crippen LogP contribution >= 0.6 is 0 Å². The van der Waals surface area contributed by atoms with Crippen LogP contribution in [0.1, 0.15) is 33.6 Å². The first kappa shape index (κ1) is 20.1. The van der Waals surface area contributed by atoms with E-state index in [1.165, 1.54) is 0 Å². The van der Waals surface area contributed by atoms with Crippen molar-refractivity contribution in [3.63, 3.8) is 0 Å². The molecule has 5 nitrogen and oxygen atoms in total. The summed E-state index contributed by atoms with van der Waals surface area (Å²) in [5.41, 5.74) is 4.32. The quantitative estimate of drug-likeness (QED) is 0.483. The van der Waals surface area contributed by atoms with Crippen LogP contribution in [-0.4, -0.2) is 21.6 Å². The van der Waals surface area contributed by atoms with Crippen LogP contribution in [0.5, 0.6) is 5.75 Å². The van der Waals surface area contributed by atoms with Gasteiger partial charge in [-0.3, -0.25) is 14.2 Å². The number of carbonyl (C=O) groups excluding carboxylic acids is 1. The highest BCUT2D eigenvalue weighted by atomic mass is 16.5. The Balaban J connectivity index is 1.58. The van der Waals surface area contributed by atoms with E-state index in [1.807, 2.05) is 66.7 Å². The number of benzene rings is 3. The van der Waals surface area contributed by atoms with E-state index in [9.17, 15) is 14.7 Å². The maximum atomic E-state index is 13.4. The van der Waals surface area contributed by atoms with Crippen LogP contribution in [0.2, 0.25) is 0 Å². The smallest absolute Gasteiger partial charge is 0.306 e. The zero-order valence-electron chi connectivity index (χ0n) is 17.5. The van der Waals surface area contributed by atoms with Crippen LogP contribution in [-0.2, 0) is 24.2 Å². The van der Waals surface area contributed by atoms with Gasteiger partial charge >= 0.3 is 5.97 Å². The molecule has 1 N–H and O–H groups in total. The molecular weight excluding hydrogens is 402 g/mol. The molecule has 5 heteroatoms. The number of aromatic nitrogens is 1. The minimum absolute atomic E-state index is 0.0939. The van der Waals surface area contributed by atoms with Crippen molar-refractivity contribution in [3.8, 4) is 5.75 Å². The van der Waals surface area contributed by atoms with Crippen LogP contribution in [0.4, 0.5) is 0 Å². The highest BCUT2D eigenvalue weighted by molar-refractivity contribution is 6.04. The van der Waals surface area contributed by atoms with Crippen molar-refractivity contribution < 1.29 is 19.4 Å². The van der Waals surface area contributed by atoms with Crippen LogP contribution < -0.4 is 4.74 Å². The van der Waals surface area contributed by atoms with Gasteiger partial charge in [0.2, 0.25) is 0 Å². The zero-order chi connectivity index (χ0) is 22.1. The van der Waals surface area contributed by atoms with Crippen LogP contribution in [0.15, 0.2) is 78.9 Å². The fourth-order valence-electron chi connectivity index (χ4n) is 4.52. The average Bonchev–Trinajstić information content (AvgIpc) is 3.16. The Morgan fingerprint density at radius 1 is 0.969 bits per heavy atom. The second kappa shape index (κ2) is 8.35. The number of nitrogens with zero attached hydrogens (tertiary/aromatic N) is 1. The summed E-state index contributed by atoms with van der Waals surface area (Å²) in [6, 6.07) is 24.8. The summed E-state index contributed by atoms with van der Waals surface area (Å²) >= 11 is 0. The Bertz CT molecular complexity index is 1290. The lowest BCUT2D eigenvalue weighted by atomic mass is 9.86. The summed E-state index contributed by atoms with van der Waals surface area (Å²) in [7, 11) is 0. The van der Waals surface area contributed by atoms with E-state index in [2.05, 4.69) is 0 Å². The summed E-state index contributed by atoms with van der Waals surface area (Å²) < 4.78 is 7.77. The Morgan fingerprint density at radius 2 is 1.69 bits per heavy atom. The maximum Gasteiger partial charge on any atom is 0.306 e. The minimum atomic E-state index is -0.789. The van der Waals surface area contributed by atoms with E-state index >= 15 is 0 Å². The van der Waals surface area contributed by atoms with Gasteiger partial charge in [-0.2, -0.15) is 0 Å². The van der Waals surface area contributed by atoms with Crippen molar-refractivity contribution >= 4 is 22.8 Å². The molecule has 1 aliphatic carbocycles. The van der Waals surface area contributed by atoms with Gasteiger partial charge in [-0.05, 0) is 60.7 Å². The molecule has 1 aliphatic rings. The second-order valence-corrected chi connectivity index (χ2v) is 8.16. The molecule has 1 atom stereocenters. The number of hydrogen-bond donors (Lipinski definition) is 1. The van der Waals surface area contributed by atoms with E-state index < -0.39 is 11.9 Å². The number of carbonyl (C=O) groups is 2. The van der Waals surface area contributed by atoms with Crippen LogP contribution in [0, 0.1) is 5.92 Å². The van der Waals surface area contributed by atoms with E-state index in [0.717, 1.165) is 27.7 Å². The van der Waals surface area contributed by atoms with Crippen LogP contribution in [0.3, 0.4) is 0 Å². The number of rotatable bonds is 5. The number of aliphatic carboxylic acids is 1. The Hall–Kier alpha value is -3.86. The third-order valence-electron chi connectivity index (χ3n) is 6.15. The lowest BCUT2D eigenvalue weighted by Gasteiger charge is -2.20. The van der Waals surface area contributed by atoms with E-state index in [-0.39, 0.29) is 5.91 Å². The molecule has 4 aromatic rings. The molecule has 0 bridgehead atoms. The van der Waals surface area contributed by atoms with Crippen LogP contribution in [0.25, 0.3) is 10.9 Å². The van der Waals surface area contributed by atoms with Gasteiger partial charge in [-0.15, -0.1) is 0 Å². The zero-order valence-corrected chi connectivity index (χ0v) is 17.5. The first-order valence-electron chi connectivity index (χ1n) is 10.8. The molecule has 5 rings (SSSR count). The predicted molar refractivity (Wildman–Crippen MR) is 122 cm³/mol. The molecule has 1 unspecified atom stereocenters. The Morgan fingerprint density at radius 3 is 2.41 bits per heavy atom. The molecule has 0 fully saturated rings. The van der Waals surface area contributed by atoms with Crippen molar-refractivity contribution in [2.24, 2.45) is 5.92 Å². The Labute approximate surface area is 185 Å². The number of ether oxygens (including phenoxy) is 1. The monoisotopic (exact) mass is 425 g/mol. The van der Waals surface area contributed by atoms with Gasteiger partial charge in [0.1, 0.15) is 12.4 Å². The molecule has 1 heterocycles. The fourth-order valence-corrected chi connectivity index (χ4v) is 4.52. The average molecular weight is 425 g/mol. The predicted octanol–water partition coefficient (Wildman–Crippen LogP) is 5.10. The first-order chi connectivity index (χ1) is 15.6. The number of carboxylic acids is 1. The third-order valence-corrected chi connectivity index (χ3v) is 6.15.